The highest BCUT2D eigenvalue weighted by Crippen LogP contribution is 2.41. The minimum absolute atomic E-state index is 0.0594. The van der Waals surface area contributed by atoms with Gasteiger partial charge in [-0.2, -0.15) is 0 Å². The van der Waals surface area contributed by atoms with Crippen LogP contribution in [-0.2, 0) is 9.53 Å². The number of methoxy groups -OCH3 is 3. The van der Waals surface area contributed by atoms with Gasteiger partial charge in [0, 0.05) is 35.8 Å². The summed E-state index contributed by atoms with van der Waals surface area (Å²) >= 11 is 0. The first kappa shape index (κ1) is 20.2. The first-order valence-corrected chi connectivity index (χ1v) is 8.21. The molecular weight excluding hydrogens is 355 g/mol. The Hall–Kier alpha value is -3.16. The van der Waals surface area contributed by atoms with Gasteiger partial charge in [-0.15, -0.1) is 0 Å². The second-order valence-electron chi connectivity index (χ2n) is 5.50. The van der Waals surface area contributed by atoms with Crippen molar-refractivity contribution in [1.82, 2.24) is 4.98 Å². The van der Waals surface area contributed by atoms with Crippen LogP contribution in [0.5, 0.6) is 17.2 Å². The van der Waals surface area contributed by atoms with Crippen LogP contribution in [0.2, 0.25) is 0 Å². The fourth-order valence-corrected chi connectivity index (χ4v) is 2.60. The molecular formula is C19H23FN2O5. The molecule has 1 atom stereocenters. The molecule has 0 bridgehead atoms. The average Bonchev–Trinajstić information content (AvgIpc) is 3.10. The molecule has 0 spiro atoms. The maximum Gasteiger partial charge on any atom is 0.335 e. The van der Waals surface area contributed by atoms with E-state index in [9.17, 15) is 9.18 Å². The number of aromatic amines is 1. The number of aromatic nitrogens is 1. The van der Waals surface area contributed by atoms with Crippen LogP contribution in [0, 0.1) is 5.82 Å². The molecule has 7 nitrogen and oxygen atoms in total. The molecule has 27 heavy (non-hydrogen) atoms. The lowest BCUT2D eigenvalue weighted by atomic mass is 10.0. The summed E-state index contributed by atoms with van der Waals surface area (Å²) in [5.41, 5.74) is 0.798. The Morgan fingerprint density at radius 2 is 1.81 bits per heavy atom. The molecule has 2 aromatic rings. The van der Waals surface area contributed by atoms with Gasteiger partial charge in [-0.25, -0.2) is 9.18 Å². The lowest BCUT2D eigenvalue weighted by Crippen LogP contribution is -2.21. The van der Waals surface area contributed by atoms with E-state index < -0.39 is 17.8 Å². The average molecular weight is 378 g/mol. The third-order valence-corrected chi connectivity index (χ3v) is 3.90. The minimum Gasteiger partial charge on any atom is -0.493 e. The van der Waals surface area contributed by atoms with Crippen molar-refractivity contribution < 1.29 is 28.1 Å². The molecule has 0 aliphatic heterocycles. The van der Waals surface area contributed by atoms with Crippen molar-refractivity contribution in [3.8, 4) is 17.2 Å². The Bertz CT molecular complexity index is 793. The molecule has 0 saturated heterocycles. The number of ether oxygens (including phenoxy) is 4. The highest BCUT2D eigenvalue weighted by molar-refractivity contribution is 5.90. The highest BCUT2D eigenvalue weighted by Gasteiger charge is 2.26. The number of hydrogen-bond acceptors (Lipinski definition) is 6. The van der Waals surface area contributed by atoms with Crippen LogP contribution >= 0.6 is 0 Å². The van der Waals surface area contributed by atoms with E-state index in [0.717, 1.165) is 0 Å². The number of anilines is 1. The number of hydrogen-bond donors (Lipinski definition) is 2. The van der Waals surface area contributed by atoms with Gasteiger partial charge in [-0.1, -0.05) is 6.58 Å². The largest absolute Gasteiger partial charge is 0.493 e. The van der Waals surface area contributed by atoms with Crippen molar-refractivity contribution in [3.05, 3.63) is 48.1 Å². The zero-order chi connectivity index (χ0) is 20.0. The van der Waals surface area contributed by atoms with E-state index in [-0.39, 0.29) is 17.7 Å². The van der Waals surface area contributed by atoms with Crippen molar-refractivity contribution in [3.63, 3.8) is 0 Å². The normalized spacial score (nSPS) is 11.4. The molecule has 1 unspecified atom stereocenters. The predicted octanol–water partition coefficient (Wildman–Crippen LogP) is 3.45. The van der Waals surface area contributed by atoms with Gasteiger partial charge in [0.2, 0.25) is 5.75 Å². The molecule has 8 heteroatoms. The molecule has 0 amide bonds. The number of carbonyl (C=O) groups excluding carboxylic acids is 1. The van der Waals surface area contributed by atoms with Crippen LogP contribution in [0.4, 0.5) is 10.1 Å². The van der Waals surface area contributed by atoms with E-state index in [0.29, 0.717) is 22.9 Å². The Labute approximate surface area is 157 Å². The summed E-state index contributed by atoms with van der Waals surface area (Å²) in [4.78, 5) is 14.8. The Morgan fingerprint density at radius 1 is 1.19 bits per heavy atom. The zero-order valence-electron chi connectivity index (χ0n) is 15.7. The molecule has 0 saturated carbocycles. The number of rotatable bonds is 9. The van der Waals surface area contributed by atoms with Gasteiger partial charge in [0.25, 0.3) is 0 Å². The molecule has 1 aromatic heterocycles. The molecule has 0 aliphatic carbocycles. The minimum atomic E-state index is -0.863. The van der Waals surface area contributed by atoms with E-state index in [4.69, 9.17) is 18.9 Å². The maximum absolute atomic E-state index is 14.2. The van der Waals surface area contributed by atoms with Crippen molar-refractivity contribution in [1.29, 1.82) is 0 Å². The molecule has 1 aromatic carbocycles. The summed E-state index contributed by atoms with van der Waals surface area (Å²) in [5.74, 6) is 0.108. The molecule has 1 heterocycles. The van der Waals surface area contributed by atoms with Crippen molar-refractivity contribution >= 4 is 11.7 Å². The fraction of sp³-hybridized carbons (Fsp3) is 0.316. The van der Waals surface area contributed by atoms with Crippen molar-refractivity contribution in [2.45, 2.75) is 13.0 Å². The van der Waals surface area contributed by atoms with Crippen molar-refractivity contribution in [2.75, 3.05) is 33.3 Å². The van der Waals surface area contributed by atoms with Crippen LogP contribution in [0.3, 0.4) is 0 Å². The first-order valence-electron chi connectivity index (χ1n) is 8.21. The summed E-state index contributed by atoms with van der Waals surface area (Å²) in [7, 11) is 4.47. The summed E-state index contributed by atoms with van der Waals surface area (Å²) in [6.07, 6.45) is 2.65. The number of esters is 1. The van der Waals surface area contributed by atoms with Gasteiger partial charge in [-0.05, 0) is 6.92 Å². The topological polar surface area (TPSA) is 81.8 Å². The zero-order valence-corrected chi connectivity index (χ0v) is 15.7. The molecule has 146 valence electrons. The second-order valence-corrected chi connectivity index (χ2v) is 5.50. The SMILES string of the molecule is C=C(C(=O)OCC)C(Nc1cc(OC)c(OC)c(OC)c1)c1c[nH]cc1F. The quantitative estimate of drug-likeness (QED) is 0.514. The van der Waals surface area contributed by atoms with E-state index >= 15 is 0 Å². The number of nitrogens with one attached hydrogen (secondary N) is 2. The van der Waals surface area contributed by atoms with Gasteiger partial charge in [-0.3, -0.25) is 0 Å². The van der Waals surface area contributed by atoms with Crippen molar-refractivity contribution in [2.24, 2.45) is 0 Å². The summed E-state index contributed by atoms with van der Waals surface area (Å²) in [5, 5.41) is 3.09. The van der Waals surface area contributed by atoms with Crippen LogP contribution in [0.1, 0.15) is 18.5 Å². The van der Waals surface area contributed by atoms with Gasteiger partial charge in [0.1, 0.15) is 5.82 Å². The Morgan fingerprint density at radius 3 is 2.26 bits per heavy atom. The van der Waals surface area contributed by atoms with Crippen LogP contribution in [0.15, 0.2) is 36.7 Å². The third-order valence-electron chi connectivity index (χ3n) is 3.90. The van der Waals surface area contributed by atoms with Crippen LogP contribution < -0.4 is 19.5 Å². The Kier molecular flexibility index (Phi) is 6.70. The summed E-state index contributed by atoms with van der Waals surface area (Å²) < 4.78 is 35.1. The van der Waals surface area contributed by atoms with Crippen LogP contribution in [-0.4, -0.2) is 38.9 Å². The number of benzene rings is 1. The lowest BCUT2D eigenvalue weighted by molar-refractivity contribution is -0.138. The smallest absolute Gasteiger partial charge is 0.335 e. The number of carbonyl (C=O) groups is 1. The number of halogens is 1. The third kappa shape index (κ3) is 4.33. The van der Waals surface area contributed by atoms with E-state index in [1.54, 1.807) is 19.1 Å². The second kappa shape index (κ2) is 8.98. The molecule has 0 aliphatic rings. The molecule has 2 rings (SSSR count). The first-order chi connectivity index (χ1) is 13.0. The molecule has 2 N–H and O–H groups in total. The van der Waals surface area contributed by atoms with Gasteiger partial charge in [0.05, 0.1) is 39.6 Å². The van der Waals surface area contributed by atoms with Gasteiger partial charge in [0.15, 0.2) is 11.5 Å². The predicted molar refractivity (Wildman–Crippen MR) is 99.0 cm³/mol. The number of H-pyrrole nitrogens is 1. The highest BCUT2D eigenvalue weighted by atomic mass is 19.1. The summed E-state index contributed by atoms with van der Waals surface area (Å²) in [6.45, 7) is 5.65. The standard InChI is InChI=1S/C19H23FN2O5/c1-6-27-19(23)11(2)17(13-9-21-10-14(13)20)22-12-7-15(24-3)18(26-5)16(8-12)25-4/h7-10,17,21-22H,2,6H2,1,3-5H3. The van der Waals surface area contributed by atoms with E-state index in [1.165, 1.54) is 33.7 Å². The maximum atomic E-state index is 14.2. The Balaban J connectivity index is 2.45. The molecule has 0 fully saturated rings. The van der Waals surface area contributed by atoms with Gasteiger partial charge < -0.3 is 29.2 Å². The van der Waals surface area contributed by atoms with E-state index in [1.807, 2.05) is 0 Å². The fourth-order valence-electron chi connectivity index (χ4n) is 2.60. The van der Waals surface area contributed by atoms with Gasteiger partial charge >= 0.3 is 5.97 Å². The lowest BCUT2D eigenvalue weighted by Gasteiger charge is -2.22. The summed E-state index contributed by atoms with van der Waals surface area (Å²) in [6, 6.07) is 2.44. The monoisotopic (exact) mass is 378 g/mol. The van der Waals surface area contributed by atoms with Crippen LogP contribution in [0.25, 0.3) is 0 Å². The molecule has 0 radical (unpaired) electrons. The van der Waals surface area contributed by atoms with E-state index in [2.05, 4.69) is 16.9 Å².